The van der Waals surface area contributed by atoms with Crippen LogP contribution in [0.25, 0.3) is 9.88 Å². The van der Waals surface area contributed by atoms with Gasteiger partial charge in [-0.15, -0.1) is 22.7 Å². The molecule has 0 spiro atoms. The van der Waals surface area contributed by atoms with Gasteiger partial charge in [0.1, 0.15) is 10.7 Å². The highest BCUT2D eigenvalue weighted by molar-refractivity contribution is 9.10. The second-order valence-electron chi connectivity index (χ2n) is 5.43. The highest BCUT2D eigenvalue weighted by Gasteiger charge is 2.25. The summed E-state index contributed by atoms with van der Waals surface area (Å²) in [6.45, 7) is 2.83. The predicted octanol–water partition coefficient (Wildman–Crippen LogP) is 3.37. The van der Waals surface area contributed by atoms with E-state index in [2.05, 4.69) is 26.2 Å². The molecule has 0 bridgehead atoms. The number of nitrogens with one attached hydrogen (secondary N) is 1. The molecular formula is C15H16BrN3O2S2. The average molecular weight is 414 g/mol. The Morgan fingerprint density at radius 1 is 1.30 bits per heavy atom. The Hall–Kier alpha value is -1.25. The van der Waals surface area contributed by atoms with E-state index in [-0.39, 0.29) is 17.9 Å². The van der Waals surface area contributed by atoms with Crippen molar-refractivity contribution in [2.24, 2.45) is 0 Å². The van der Waals surface area contributed by atoms with E-state index in [1.807, 2.05) is 21.7 Å². The fourth-order valence-corrected chi connectivity index (χ4v) is 4.89. The summed E-state index contributed by atoms with van der Waals surface area (Å²) >= 11 is 6.53. The number of piperidine rings is 1. The van der Waals surface area contributed by atoms with Gasteiger partial charge < -0.3 is 10.2 Å². The van der Waals surface area contributed by atoms with Gasteiger partial charge in [-0.2, -0.15) is 0 Å². The van der Waals surface area contributed by atoms with Crippen molar-refractivity contribution in [1.82, 2.24) is 15.2 Å². The third-order valence-corrected chi connectivity index (χ3v) is 6.39. The lowest BCUT2D eigenvalue weighted by Crippen LogP contribution is -2.46. The summed E-state index contributed by atoms with van der Waals surface area (Å²) in [6.07, 6.45) is 1.58. The maximum atomic E-state index is 12.6. The highest BCUT2D eigenvalue weighted by atomic mass is 79.9. The predicted molar refractivity (Wildman–Crippen MR) is 95.9 cm³/mol. The zero-order valence-corrected chi connectivity index (χ0v) is 15.8. The zero-order chi connectivity index (χ0) is 16.4. The van der Waals surface area contributed by atoms with Crippen molar-refractivity contribution in [1.29, 1.82) is 0 Å². The Morgan fingerprint density at radius 2 is 2.04 bits per heavy atom. The number of rotatable bonds is 3. The van der Waals surface area contributed by atoms with E-state index in [0.717, 1.165) is 27.2 Å². The number of carbonyl (C=O) groups excluding carboxylic acids is 2. The molecule has 0 radical (unpaired) electrons. The number of hydrogen-bond donors (Lipinski definition) is 1. The minimum atomic E-state index is -0.0237. The highest BCUT2D eigenvalue weighted by Crippen LogP contribution is 2.32. The fraction of sp³-hybridized carbons (Fsp3) is 0.400. The molecule has 3 heterocycles. The van der Waals surface area contributed by atoms with E-state index in [1.54, 1.807) is 11.3 Å². The van der Waals surface area contributed by atoms with Crippen molar-refractivity contribution < 1.29 is 9.59 Å². The van der Waals surface area contributed by atoms with Crippen molar-refractivity contribution in [3.8, 4) is 9.88 Å². The van der Waals surface area contributed by atoms with E-state index in [4.69, 9.17) is 0 Å². The lowest BCUT2D eigenvalue weighted by molar-refractivity contribution is -0.119. The third kappa shape index (κ3) is 3.99. The van der Waals surface area contributed by atoms with Crippen LogP contribution in [-0.4, -0.2) is 40.8 Å². The number of thiophene rings is 1. The Labute approximate surface area is 150 Å². The molecule has 0 aliphatic carbocycles. The first-order chi connectivity index (χ1) is 11.0. The molecule has 8 heteroatoms. The van der Waals surface area contributed by atoms with Gasteiger partial charge in [0.05, 0.1) is 4.88 Å². The summed E-state index contributed by atoms with van der Waals surface area (Å²) in [6, 6.07) is 2.18. The van der Waals surface area contributed by atoms with E-state index in [9.17, 15) is 9.59 Å². The minimum absolute atomic E-state index is 0.0129. The van der Waals surface area contributed by atoms with Gasteiger partial charge in [-0.3, -0.25) is 9.59 Å². The zero-order valence-electron chi connectivity index (χ0n) is 12.5. The Kier molecular flexibility index (Phi) is 5.13. The lowest BCUT2D eigenvalue weighted by atomic mass is 10.0. The second-order valence-corrected chi connectivity index (χ2v) is 8.12. The molecule has 23 heavy (non-hydrogen) atoms. The van der Waals surface area contributed by atoms with Crippen LogP contribution in [0.4, 0.5) is 0 Å². The summed E-state index contributed by atoms with van der Waals surface area (Å²) in [5.74, 6) is -0.0366. The van der Waals surface area contributed by atoms with Crippen LogP contribution in [0.2, 0.25) is 0 Å². The van der Waals surface area contributed by atoms with Crippen LogP contribution in [0.3, 0.4) is 0 Å². The van der Waals surface area contributed by atoms with Crippen molar-refractivity contribution in [3.05, 3.63) is 27.0 Å². The SMILES string of the molecule is CC(=O)NC1CCN(C(=O)c2csc(-c3cc(Br)cs3)n2)CC1. The largest absolute Gasteiger partial charge is 0.353 e. The van der Waals surface area contributed by atoms with Crippen molar-refractivity contribution >= 4 is 50.4 Å². The molecule has 1 N–H and O–H groups in total. The number of carbonyl (C=O) groups is 2. The molecule has 5 nitrogen and oxygen atoms in total. The van der Waals surface area contributed by atoms with Crippen LogP contribution in [0.1, 0.15) is 30.3 Å². The smallest absolute Gasteiger partial charge is 0.273 e. The molecule has 1 aliphatic heterocycles. The van der Waals surface area contributed by atoms with Crippen molar-refractivity contribution in [2.45, 2.75) is 25.8 Å². The molecule has 3 rings (SSSR count). The average Bonchev–Trinajstić information content (AvgIpc) is 3.15. The van der Waals surface area contributed by atoms with Gasteiger partial charge in [0.2, 0.25) is 5.91 Å². The molecule has 0 aromatic carbocycles. The first kappa shape index (κ1) is 16.6. The minimum Gasteiger partial charge on any atom is -0.353 e. The fourth-order valence-electron chi connectivity index (χ4n) is 2.59. The van der Waals surface area contributed by atoms with Crippen LogP contribution in [-0.2, 0) is 4.79 Å². The Bertz CT molecular complexity index is 720. The molecule has 0 saturated carbocycles. The monoisotopic (exact) mass is 413 g/mol. The summed E-state index contributed by atoms with van der Waals surface area (Å²) in [4.78, 5) is 31.0. The van der Waals surface area contributed by atoms with Gasteiger partial charge in [0.15, 0.2) is 0 Å². The maximum absolute atomic E-state index is 12.6. The lowest BCUT2D eigenvalue weighted by Gasteiger charge is -2.31. The van der Waals surface area contributed by atoms with Gasteiger partial charge in [0.25, 0.3) is 5.91 Å². The molecule has 122 valence electrons. The first-order valence-electron chi connectivity index (χ1n) is 7.29. The Balaban J connectivity index is 1.63. The van der Waals surface area contributed by atoms with Crippen molar-refractivity contribution in [3.63, 3.8) is 0 Å². The number of amides is 2. The van der Waals surface area contributed by atoms with Gasteiger partial charge in [0, 0.05) is 41.3 Å². The van der Waals surface area contributed by atoms with E-state index in [0.29, 0.717) is 18.8 Å². The maximum Gasteiger partial charge on any atom is 0.273 e. The van der Waals surface area contributed by atoms with Gasteiger partial charge in [-0.25, -0.2) is 4.98 Å². The molecule has 2 amide bonds. The number of aromatic nitrogens is 1. The van der Waals surface area contributed by atoms with Crippen LogP contribution in [0.15, 0.2) is 21.3 Å². The first-order valence-corrected chi connectivity index (χ1v) is 9.84. The number of nitrogens with zero attached hydrogens (tertiary/aromatic N) is 2. The normalized spacial score (nSPS) is 15.7. The summed E-state index contributed by atoms with van der Waals surface area (Å²) in [7, 11) is 0. The van der Waals surface area contributed by atoms with Crippen LogP contribution < -0.4 is 5.32 Å². The summed E-state index contributed by atoms with van der Waals surface area (Å²) in [5.41, 5.74) is 0.507. The van der Waals surface area contributed by atoms with Crippen LogP contribution in [0, 0.1) is 0 Å². The van der Waals surface area contributed by atoms with Crippen molar-refractivity contribution in [2.75, 3.05) is 13.1 Å². The second kappa shape index (κ2) is 7.11. The van der Waals surface area contributed by atoms with E-state index >= 15 is 0 Å². The number of hydrogen-bond acceptors (Lipinski definition) is 5. The molecular weight excluding hydrogens is 398 g/mol. The molecule has 2 aromatic rings. The summed E-state index contributed by atoms with van der Waals surface area (Å²) < 4.78 is 1.03. The van der Waals surface area contributed by atoms with E-state index in [1.165, 1.54) is 18.3 Å². The standard InChI is InChI=1S/C15H16BrN3O2S2/c1-9(20)17-11-2-4-19(5-3-11)15(21)12-8-23-14(18-12)13-6-10(16)7-22-13/h6-8,11H,2-5H2,1H3,(H,17,20). The quantitative estimate of drug-likeness (QED) is 0.838. The Morgan fingerprint density at radius 3 is 2.65 bits per heavy atom. The number of likely N-dealkylation sites (tertiary alicyclic amines) is 1. The van der Waals surface area contributed by atoms with Gasteiger partial charge in [-0.1, -0.05) is 0 Å². The number of thiazole rings is 1. The van der Waals surface area contributed by atoms with Gasteiger partial charge in [-0.05, 0) is 34.8 Å². The molecule has 0 unspecified atom stereocenters. The van der Waals surface area contributed by atoms with Gasteiger partial charge >= 0.3 is 0 Å². The molecule has 1 fully saturated rings. The number of halogens is 1. The molecule has 1 saturated heterocycles. The topological polar surface area (TPSA) is 62.3 Å². The summed E-state index contributed by atoms with van der Waals surface area (Å²) in [5, 5.41) is 7.62. The molecule has 2 aromatic heterocycles. The molecule has 1 aliphatic rings. The molecule has 0 atom stereocenters. The third-order valence-electron chi connectivity index (χ3n) is 3.69. The van der Waals surface area contributed by atoms with Crippen LogP contribution >= 0.6 is 38.6 Å². The van der Waals surface area contributed by atoms with E-state index < -0.39 is 0 Å². The van der Waals surface area contributed by atoms with Crippen LogP contribution in [0.5, 0.6) is 0 Å².